The molecule has 2 aliphatic rings. The zero-order valence-corrected chi connectivity index (χ0v) is 13.4. The molecule has 1 fully saturated rings. The number of rotatable bonds is 3. The Bertz CT molecular complexity index is 478. The lowest BCUT2D eigenvalue weighted by atomic mass is 9.78. The summed E-state index contributed by atoms with van der Waals surface area (Å²) in [5.74, 6) is 1.05. The van der Waals surface area contributed by atoms with Crippen molar-refractivity contribution in [2.45, 2.75) is 70.3 Å². The zero-order chi connectivity index (χ0) is 14.9. The van der Waals surface area contributed by atoms with E-state index in [1.54, 1.807) is 0 Å². The third-order valence-corrected chi connectivity index (χ3v) is 4.62. The van der Waals surface area contributed by atoms with Crippen LogP contribution in [0.3, 0.4) is 0 Å². The Hall–Kier alpha value is -1.06. The maximum absolute atomic E-state index is 6.49. The number of nitrogens with one attached hydrogen (secondary N) is 1. The van der Waals surface area contributed by atoms with Crippen LogP contribution in [0.1, 0.15) is 58.1 Å². The molecular formula is C18H27NO2. The lowest BCUT2D eigenvalue weighted by Gasteiger charge is -2.48. The number of benzene rings is 1. The fraction of sp³-hybridized carbons (Fsp3) is 0.667. The molecule has 0 aromatic heterocycles. The molecule has 3 rings (SSSR count). The van der Waals surface area contributed by atoms with Gasteiger partial charge >= 0.3 is 0 Å². The maximum atomic E-state index is 6.49. The number of hydrogen-bond donors (Lipinski definition) is 1. The van der Waals surface area contributed by atoms with Gasteiger partial charge in [0.1, 0.15) is 11.4 Å². The highest BCUT2D eigenvalue weighted by Gasteiger charge is 2.45. The van der Waals surface area contributed by atoms with E-state index in [0.29, 0.717) is 6.04 Å². The van der Waals surface area contributed by atoms with Crippen molar-refractivity contribution in [2.75, 3.05) is 6.54 Å². The molecule has 1 aromatic rings. The van der Waals surface area contributed by atoms with Crippen molar-refractivity contribution in [1.82, 2.24) is 5.32 Å². The monoisotopic (exact) mass is 289 g/mol. The predicted molar refractivity (Wildman–Crippen MR) is 84.7 cm³/mol. The van der Waals surface area contributed by atoms with Gasteiger partial charge in [-0.25, -0.2) is 0 Å². The molecule has 0 saturated carbocycles. The molecule has 3 atom stereocenters. The second-order valence-corrected chi connectivity index (χ2v) is 6.70. The summed E-state index contributed by atoms with van der Waals surface area (Å²) >= 11 is 0. The maximum Gasteiger partial charge on any atom is 0.124 e. The van der Waals surface area contributed by atoms with E-state index < -0.39 is 0 Å². The Morgan fingerprint density at radius 1 is 1.14 bits per heavy atom. The summed E-state index contributed by atoms with van der Waals surface area (Å²) in [7, 11) is 0. The SMILES string of the molecule is CCCNC1CC2(CC(C)OC(C)C2)Oc2ccccc21. The van der Waals surface area contributed by atoms with Gasteiger partial charge in [0.25, 0.3) is 0 Å². The van der Waals surface area contributed by atoms with E-state index in [4.69, 9.17) is 9.47 Å². The van der Waals surface area contributed by atoms with Crippen LogP contribution in [0.25, 0.3) is 0 Å². The summed E-state index contributed by atoms with van der Waals surface area (Å²) in [6.07, 6.45) is 4.70. The van der Waals surface area contributed by atoms with Crippen LogP contribution >= 0.6 is 0 Å². The van der Waals surface area contributed by atoms with Gasteiger partial charge in [0.2, 0.25) is 0 Å². The first-order valence-electron chi connectivity index (χ1n) is 8.29. The summed E-state index contributed by atoms with van der Waals surface area (Å²) in [4.78, 5) is 0. The van der Waals surface area contributed by atoms with Crippen molar-refractivity contribution in [3.63, 3.8) is 0 Å². The fourth-order valence-electron chi connectivity index (χ4n) is 3.99. The summed E-state index contributed by atoms with van der Waals surface area (Å²) in [6, 6.07) is 8.88. The minimum absolute atomic E-state index is 0.0726. The van der Waals surface area contributed by atoms with Crippen LogP contribution in [-0.2, 0) is 4.74 Å². The molecule has 3 heteroatoms. The zero-order valence-electron chi connectivity index (χ0n) is 13.4. The van der Waals surface area contributed by atoms with E-state index in [1.807, 2.05) is 0 Å². The molecule has 1 saturated heterocycles. The van der Waals surface area contributed by atoms with Gasteiger partial charge < -0.3 is 14.8 Å². The molecule has 1 N–H and O–H groups in total. The van der Waals surface area contributed by atoms with Crippen LogP contribution in [0.15, 0.2) is 24.3 Å². The average Bonchev–Trinajstić information content (AvgIpc) is 2.43. The van der Waals surface area contributed by atoms with E-state index in [1.165, 1.54) is 5.56 Å². The molecule has 0 aliphatic carbocycles. The van der Waals surface area contributed by atoms with Gasteiger partial charge in [0, 0.05) is 30.9 Å². The van der Waals surface area contributed by atoms with Crippen LogP contribution < -0.4 is 10.1 Å². The summed E-state index contributed by atoms with van der Waals surface area (Å²) in [6.45, 7) is 7.59. The van der Waals surface area contributed by atoms with Crippen LogP contribution in [0.4, 0.5) is 0 Å². The van der Waals surface area contributed by atoms with Crippen molar-refractivity contribution in [1.29, 1.82) is 0 Å². The van der Waals surface area contributed by atoms with Crippen molar-refractivity contribution < 1.29 is 9.47 Å². The van der Waals surface area contributed by atoms with Crippen molar-refractivity contribution >= 4 is 0 Å². The smallest absolute Gasteiger partial charge is 0.124 e. The Labute approximate surface area is 128 Å². The second kappa shape index (κ2) is 5.98. The molecule has 1 spiro atoms. The molecular weight excluding hydrogens is 262 g/mol. The van der Waals surface area contributed by atoms with E-state index in [-0.39, 0.29) is 17.8 Å². The summed E-state index contributed by atoms with van der Waals surface area (Å²) in [5, 5.41) is 3.71. The lowest BCUT2D eigenvalue weighted by Crippen LogP contribution is -2.51. The predicted octanol–water partition coefficient (Wildman–Crippen LogP) is 3.84. The fourth-order valence-corrected chi connectivity index (χ4v) is 3.99. The molecule has 3 unspecified atom stereocenters. The minimum Gasteiger partial charge on any atom is -0.487 e. The Morgan fingerprint density at radius 2 is 1.86 bits per heavy atom. The van der Waals surface area contributed by atoms with Gasteiger partial charge in [-0.1, -0.05) is 25.1 Å². The highest BCUT2D eigenvalue weighted by molar-refractivity contribution is 5.39. The normalized spacial score (nSPS) is 35.3. The highest BCUT2D eigenvalue weighted by Crippen LogP contribution is 2.46. The summed E-state index contributed by atoms with van der Waals surface area (Å²) < 4.78 is 12.4. The largest absolute Gasteiger partial charge is 0.487 e. The van der Waals surface area contributed by atoms with E-state index in [9.17, 15) is 0 Å². The van der Waals surface area contributed by atoms with Crippen molar-refractivity contribution in [3.8, 4) is 5.75 Å². The van der Waals surface area contributed by atoms with Crippen molar-refractivity contribution in [2.24, 2.45) is 0 Å². The number of fused-ring (bicyclic) bond motifs is 1. The van der Waals surface area contributed by atoms with E-state index >= 15 is 0 Å². The quantitative estimate of drug-likeness (QED) is 0.917. The Balaban J connectivity index is 1.89. The van der Waals surface area contributed by atoms with Gasteiger partial charge in [-0.3, -0.25) is 0 Å². The molecule has 116 valence electrons. The van der Waals surface area contributed by atoms with Crippen LogP contribution in [0.5, 0.6) is 5.75 Å². The van der Waals surface area contributed by atoms with Crippen LogP contribution in [0, 0.1) is 0 Å². The standard InChI is InChI=1S/C18H27NO2/c1-4-9-19-16-12-18(10-13(2)20-14(3)11-18)21-17-8-6-5-7-15(16)17/h5-8,13-14,16,19H,4,9-12H2,1-3H3. The molecule has 0 radical (unpaired) electrons. The molecule has 2 aliphatic heterocycles. The molecule has 3 nitrogen and oxygen atoms in total. The Morgan fingerprint density at radius 3 is 2.57 bits per heavy atom. The first-order valence-corrected chi connectivity index (χ1v) is 8.29. The Kier molecular flexibility index (Phi) is 4.23. The van der Waals surface area contributed by atoms with Gasteiger partial charge in [-0.2, -0.15) is 0 Å². The molecule has 2 heterocycles. The molecule has 0 bridgehead atoms. The van der Waals surface area contributed by atoms with Crippen molar-refractivity contribution in [3.05, 3.63) is 29.8 Å². The van der Waals surface area contributed by atoms with Gasteiger partial charge in [-0.15, -0.1) is 0 Å². The number of ether oxygens (including phenoxy) is 2. The third-order valence-electron chi connectivity index (χ3n) is 4.62. The average molecular weight is 289 g/mol. The van der Waals surface area contributed by atoms with Gasteiger partial charge in [0.05, 0.1) is 12.2 Å². The van der Waals surface area contributed by atoms with Gasteiger partial charge in [-0.05, 0) is 32.9 Å². The molecule has 21 heavy (non-hydrogen) atoms. The third kappa shape index (κ3) is 3.09. The topological polar surface area (TPSA) is 30.5 Å². The molecule has 0 amide bonds. The number of para-hydroxylation sites is 1. The first kappa shape index (κ1) is 14.9. The second-order valence-electron chi connectivity index (χ2n) is 6.70. The van der Waals surface area contributed by atoms with E-state index in [2.05, 4.69) is 50.4 Å². The van der Waals surface area contributed by atoms with Gasteiger partial charge in [0.15, 0.2) is 0 Å². The minimum atomic E-state index is -0.0726. The summed E-state index contributed by atoms with van der Waals surface area (Å²) in [5.41, 5.74) is 1.24. The first-order chi connectivity index (χ1) is 10.1. The lowest BCUT2D eigenvalue weighted by molar-refractivity contribution is -0.130. The van der Waals surface area contributed by atoms with Crippen LogP contribution in [0.2, 0.25) is 0 Å². The van der Waals surface area contributed by atoms with Crippen LogP contribution in [-0.4, -0.2) is 24.4 Å². The van der Waals surface area contributed by atoms with E-state index in [0.717, 1.165) is 38.0 Å². The number of hydrogen-bond acceptors (Lipinski definition) is 3. The highest BCUT2D eigenvalue weighted by atomic mass is 16.5. The molecule has 1 aromatic carbocycles.